The number of hydrogen-bond donors (Lipinski definition) is 0. The Kier molecular flexibility index (Phi) is 7.49. The van der Waals surface area contributed by atoms with Crippen LogP contribution in [0.2, 0.25) is 0 Å². The molecule has 10 aromatic rings. The zero-order valence-electron chi connectivity index (χ0n) is 36.1. The van der Waals surface area contributed by atoms with E-state index in [1.165, 1.54) is 77.9 Å². The third kappa shape index (κ3) is 4.38. The van der Waals surface area contributed by atoms with Gasteiger partial charge < -0.3 is 0 Å². The molecule has 2 nitrogen and oxygen atoms in total. The van der Waals surface area contributed by atoms with E-state index in [2.05, 4.69) is 206 Å². The van der Waals surface area contributed by atoms with E-state index in [1.807, 2.05) is 24.3 Å². The third-order valence-corrected chi connectivity index (χ3v) is 18.9. The van der Waals surface area contributed by atoms with E-state index in [1.54, 1.807) is 0 Å². The van der Waals surface area contributed by atoms with Gasteiger partial charge in [-0.25, -0.2) is 8.42 Å². The minimum absolute atomic E-state index is 0.647. The van der Waals surface area contributed by atoms with Crippen molar-refractivity contribution in [3.05, 3.63) is 297 Å². The normalized spacial score (nSPS) is 20.9. The average Bonchev–Trinajstić information content (AvgIpc) is 3.98. The Morgan fingerprint density at radius 2 is 0.463 bits per heavy atom. The van der Waals surface area contributed by atoms with E-state index in [9.17, 15) is 8.42 Å². The van der Waals surface area contributed by atoms with Gasteiger partial charge in [-0.15, -0.1) is 0 Å². The van der Waals surface area contributed by atoms with Crippen LogP contribution in [-0.4, -0.2) is 8.42 Å². The van der Waals surface area contributed by atoms with Gasteiger partial charge in [0.05, 0.1) is 37.8 Å². The third-order valence-electron chi connectivity index (χ3n) is 15.9. The zero-order chi connectivity index (χ0) is 44.2. The van der Waals surface area contributed by atoms with Gasteiger partial charge in [-0.2, -0.15) is 0 Å². The van der Waals surface area contributed by atoms with Crippen LogP contribution < -0.4 is 0 Å². The predicted octanol–water partition coefficient (Wildman–Crippen LogP) is 13.7. The summed E-state index contributed by atoms with van der Waals surface area (Å²) in [6, 6.07) is 83.8. The molecule has 0 saturated heterocycles. The van der Waals surface area contributed by atoms with E-state index in [0.29, 0.717) is 0 Å². The molecule has 0 radical (unpaired) electrons. The average molecular weight is 891 g/mol. The Morgan fingerprint density at radius 3 is 0.791 bits per heavy atom. The fourth-order valence-corrected chi connectivity index (χ4v) is 16.5. The Balaban J connectivity index is 1.04. The molecule has 0 fully saturated rings. The molecule has 4 heteroatoms. The van der Waals surface area contributed by atoms with Gasteiger partial charge in [-0.3, -0.25) is 0 Å². The quantitative estimate of drug-likeness (QED) is 0.173. The minimum atomic E-state index is -1.32. The number of benzene rings is 10. The first-order valence-corrected chi connectivity index (χ1v) is 25.3. The zero-order valence-corrected chi connectivity index (χ0v) is 37.7. The van der Waals surface area contributed by atoms with Crippen LogP contribution in [0, 0.1) is 0 Å². The molecule has 15 rings (SSSR count). The van der Waals surface area contributed by atoms with Gasteiger partial charge in [0.15, 0.2) is 0 Å². The summed E-state index contributed by atoms with van der Waals surface area (Å²) in [5, 5.41) is 0. The maximum Gasteiger partial charge on any atom is 0.0856 e. The molecule has 0 N–H and O–H groups in total. The summed E-state index contributed by atoms with van der Waals surface area (Å²) in [7, 11) is -2.63. The molecule has 314 valence electrons. The van der Waals surface area contributed by atoms with Crippen molar-refractivity contribution < 1.29 is 8.42 Å². The molecule has 67 heavy (non-hydrogen) atoms. The van der Waals surface area contributed by atoms with Crippen molar-refractivity contribution in [2.45, 2.75) is 35.8 Å². The van der Waals surface area contributed by atoms with Gasteiger partial charge in [0.2, 0.25) is 0 Å². The second kappa shape index (κ2) is 13.3. The Labute approximate surface area is 394 Å². The van der Waals surface area contributed by atoms with Crippen molar-refractivity contribution in [1.82, 2.24) is 0 Å². The van der Waals surface area contributed by atoms with Crippen LogP contribution in [0.3, 0.4) is 0 Å². The molecule has 0 amide bonds. The van der Waals surface area contributed by atoms with Crippen molar-refractivity contribution in [1.29, 1.82) is 0 Å². The molecule has 2 aliphatic heterocycles. The first-order chi connectivity index (χ1) is 33.1. The highest BCUT2D eigenvalue weighted by Crippen LogP contribution is 2.65. The first kappa shape index (κ1) is 37.7. The van der Waals surface area contributed by atoms with Crippen molar-refractivity contribution in [2.75, 3.05) is 0 Å². The van der Waals surface area contributed by atoms with Crippen LogP contribution in [0.25, 0.3) is 33.4 Å². The van der Waals surface area contributed by atoms with Crippen LogP contribution in [0.1, 0.15) is 66.8 Å². The molecule has 5 aliphatic rings. The van der Waals surface area contributed by atoms with Crippen molar-refractivity contribution in [3.8, 4) is 33.4 Å². The lowest BCUT2D eigenvalue weighted by Crippen LogP contribution is -2.35. The second-order valence-corrected chi connectivity index (χ2v) is 21.3. The van der Waals surface area contributed by atoms with Crippen molar-refractivity contribution in [3.63, 3.8) is 0 Å². The van der Waals surface area contributed by atoms with Gasteiger partial charge >= 0.3 is 0 Å². The number of rotatable bonds is 2. The Bertz CT molecular complexity index is 3540. The van der Waals surface area contributed by atoms with Crippen LogP contribution >= 0.6 is 0 Å². The topological polar surface area (TPSA) is 34.1 Å². The summed E-state index contributed by atoms with van der Waals surface area (Å²) in [5.74, 6) is 0. The van der Waals surface area contributed by atoms with E-state index in [4.69, 9.17) is 0 Å². The smallest absolute Gasteiger partial charge is 0.0856 e. The summed E-state index contributed by atoms with van der Waals surface area (Å²) in [6.07, 6.45) is 0. The van der Waals surface area contributed by atoms with E-state index in [-0.39, 0.29) is 0 Å². The molecule has 2 heterocycles. The second-order valence-electron chi connectivity index (χ2n) is 18.5. The summed E-state index contributed by atoms with van der Waals surface area (Å²) in [6.45, 7) is 0. The largest absolute Gasteiger partial charge is 0.249 e. The molecule has 2 spiro atoms. The SMILES string of the molecule is O=S1c2ccccc2C2(c3ccccc3-c3cc(C4(c5ccc6c(c5)-c5ccccc5C65c6ccccc6S(=O)c6ccccc65)c5ccccc5-c5ccccc54)ccc32)c2ccccc21. The van der Waals surface area contributed by atoms with Crippen molar-refractivity contribution in [2.24, 2.45) is 0 Å². The highest BCUT2D eigenvalue weighted by molar-refractivity contribution is 7.85. The highest BCUT2D eigenvalue weighted by atomic mass is 32.2. The van der Waals surface area contributed by atoms with Crippen LogP contribution in [0.5, 0.6) is 0 Å². The first-order valence-electron chi connectivity index (χ1n) is 23.0. The monoisotopic (exact) mass is 890 g/mol. The molecule has 0 bridgehead atoms. The summed E-state index contributed by atoms with van der Waals surface area (Å²) >= 11 is 0. The van der Waals surface area contributed by atoms with E-state index in [0.717, 1.165) is 41.8 Å². The molecule has 10 aromatic carbocycles. The van der Waals surface area contributed by atoms with Crippen LogP contribution in [-0.2, 0) is 37.8 Å². The lowest BCUT2D eigenvalue weighted by atomic mass is 9.64. The Hall–Kier alpha value is -7.50. The maximum atomic E-state index is 14.4. The van der Waals surface area contributed by atoms with Crippen LogP contribution in [0.15, 0.2) is 250 Å². The lowest BCUT2D eigenvalue weighted by Gasteiger charge is -2.40. The van der Waals surface area contributed by atoms with E-state index >= 15 is 0 Å². The van der Waals surface area contributed by atoms with Crippen molar-refractivity contribution >= 4 is 21.6 Å². The molecule has 0 saturated carbocycles. The molecular formula is C63H38O2S2. The lowest BCUT2D eigenvalue weighted by molar-refractivity contribution is 0.659. The highest BCUT2D eigenvalue weighted by Gasteiger charge is 2.55. The summed E-state index contributed by atoms with van der Waals surface area (Å²) in [5.41, 5.74) is 19.4. The van der Waals surface area contributed by atoms with Gasteiger partial charge in [0.25, 0.3) is 0 Å². The fraction of sp³-hybridized carbons (Fsp3) is 0.0476. The standard InChI is InChI=1S/C63H38O2S2/c64-66-57-29-13-9-25-53(57)62(54-26-10-14-30-58(54)66)49-23-7-3-19-43(49)45-37-39(33-35-51(45)62)61(47-21-5-1-17-41(47)42-18-2-6-22-48(42)61)40-34-36-52-46(38-40)44-20-4-8-24-50(44)63(52)55-27-11-15-31-59(55)67(65)60-32-16-12-28-56(60)63/h1-38H. The van der Waals surface area contributed by atoms with Gasteiger partial charge in [0.1, 0.15) is 0 Å². The predicted molar refractivity (Wildman–Crippen MR) is 268 cm³/mol. The molecular weight excluding hydrogens is 853 g/mol. The number of hydrogen-bond acceptors (Lipinski definition) is 2. The fourth-order valence-electron chi connectivity index (χ4n) is 13.5. The number of fused-ring (bicyclic) bond motifs is 21. The summed E-state index contributed by atoms with van der Waals surface area (Å²) < 4.78 is 28.8. The van der Waals surface area contributed by atoms with Crippen LogP contribution in [0.4, 0.5) is 0 Å². The maximum absolute atomic E-state index is 14.4. The Morgan fingerprint density at radius 1 is 0.224 bits per heavy atom. The molecule has 0 atom stereocenters. The van der Waals surface area contributed by atoms with Gasteiger partial charge in [0, 0.05) is 19.6 Å². The van der Waals surface area contributed by atoms with Gasteiger partial charge in [-0.1, -0.05) is 194 Å². The summed E-state index contributed by atoms with van der Waals surface area (Å²) in [4.78, 5) is 3.48. The molecule has 0 aromatic heterocycles. The van der Waals surface area contributed by atoms with E-state index < -0.39 is 37.8 Å². The molecule has 0 unspecified atom stereocenters. The van der Waals surface area contributed by atoms with Gasteiger partial charge in [-0.05, 0) is 137 Å². The molecule has 3 aliphatic carbocycles. The minimum Gasteiger partial charge on any atom is -0.249 e.